The van der Waals surface area contributed by atoms with Crippen molar-refractivity contribution >= 4 is 29.6 Å². The summed E-state index contributed by atoms with van der Waals surface area (Å²) in [5.41, 5.74) is 6.00. The zero-order valence-corrected chi connectivity index (χ0v) is 19.0. The fourth-order valence-corrected chi connectivity index (χ4v) is 4.70. The van der Waals surface area contributed by atoms with Crippen LogP contribution in [0.25, 0.3) is 0 Å². The van der Waals surface area contributed by atoms with Gasteiger partial charge in [0.05, 0.1) is 0 Å². The Morgan fingerprint density at radius 3 is 2.44 bits per heavy atom. The normalized spacial score (nSPS) is 21.3. The summed E-state index contributed by atoms with van der Waals surface area (Å²) < 4.78 is 0. The molecule has 2 saturated heterocycles. The largest absolute Gasteiger partial charge is 0.480 e. The van der Waals surface area contributed by atoms with E-state index >= 15 is 0 Å². The third-order valence-electron chi connectivity index (χ3n) is 6.40. The van der Waals surface area contributed by atoms with Crippen molar-refractivity contribution in [1.29, 1.82) is 0 Å². The van der Waals surface area contributed by atoms with Crippen molar-refractivity contribution in [1.82, 2.24) is 14.7 Å². The van der Waals surface area contributed by atoms with Gasteiger partial charge in [-0.15, -0.1) is 0 Å². The highest BCUT2D eigenvalue weighted by Gasteiger charge is 2.45. The van der Waals surface area contributed by atoms with E-state index in [4.69, 9.17) is 5.73 Å². The van der Waals surface area contributed by atoms with Crippen LogP contribution >= 0.6 is 0 Å². The summed E-state index contributed by atoms with van der Waals surface area (Å²) in [5.74, 6) is -3.05. The molecule has 1 aromatic rings. The third kappa shape index (κ3) is 5.44. The number of aliphatic carboxylic acids is 1. The Balaban J connectivity index is 1.89. The molecule has 2 heterocycles. The van der Waals surface area contributed by atoms with E-state index in [9.17, 15) is 29.1 Å². The molecule has 0 spiro atoms. The maximum Gasteiger partial charge on any atom is 0.326 e. The molecule has 1 aromatic carbocycles. The molecule has 0 radical (unpaired) electrons. The molecule has 0 unspecified atom stereocenters. The first-order chi connectivity index (χ1) is 16.2. The molecule has 3 N–H and O–H groups in total. The average molecular weight is 471 g/mol. The van der Waals surface area contributed by atoms with E-state index in [-0.39, 0.29) is 44.2 Å². The van der Waals surface area contributed by atoms with Crippen LogP contribution in [0.2, 0.25) is 0 Å². The first-order valence-electron chi connectivity index (χ1n) is 11.3. The molecule has 0 bridgehead atoms. The Kier molecular flexibility index (Phi) is 8.04. The Morgan fingerprint density at radius 1 is 1.12 bits per heavy atom. The zero-order chi connectivity index (χ0) is 24.8. The summed E-state index contributed by atoms with van der Waals surface area (Å²) in [5, 5.41) is 9.72. The minimum absolute atomic E-state index is 0.00766. The van der Waals surface area contributed by atoms with Gasteiger partial charge >= 0.3 is 5.97 Å². The van der Waals surface area contributed by atoms with Crippen LogP contribution in [-0.2, 0) is 30.4 Å². The highest BCUT2D eigenvalue weighted by Crippen LogP contribution is 2.26. The van der Waals surface area contributed by atoms with E-state index in [0.29, 0.717) is 19.4 Å². The van der Waals surface area contributed by atoms with E-state index in [1.54, 1.807) is 0 Å². The number of hydrogen-bond donors (Lipinski definition) is 2. The van der Waals surface area contributed by atoms with Crippen LogP contribution in [0.4, 0.5) is 0 Å². The highest BCUT2D eigenvalue weighted by atomic mass is 16.4. The first kappa shape index (κ1) is 24.9. The summed E-state index contributed by atoms with van der Waals surface area (Å²) in [6.45, 7) is 4.07. The minimum Gasteiger partial charge on any atom is -0.480 e. The van der Waals surface area contributed by atoms with Gasteiger partial charge in [0.25, 0.3) is 0 Å². The number of primary amides is 1. The second-order valence-electron chi connectivity index (χ2n) is 8.52. The molecule has 34 heavy (non-hydrogen) atoms. The maximum atomic E-state index is 13.6. The SMILES string of the molecule is C=CC(=O)N1CCC[C@H]1C(=O)N1CCN([C@@H](CCC(N)=O)C(=O)O)C(=O)[C@@H]1Cc1ccccc1. The van der Waals surface area contributed by atoms with Crippen LogP contribution in [0, 0.1) is 0 Å². The van der Waals surface area contributed by atoms with Crippen molar-refractivity contribution in [3.63, 3.8) is 0 Å². The number of likely N-dealkylation sites (tertiary alicyclic amines) is 1. The van der Waals surface area contributed by atoms with E-state index < -0.39 is 35.9 Å². The number of nitrogens with zero attached hydrogens (tertiary/aromatic N) is 3. The quantitative estimate of drug-likeness (QED) is 0.493. The second-order valence-corrected chi connectivity index (χ2v) is 8.52. The van der Waals surface area contributed by atoms with Gasteiger partial charge < -0.3 is 25.5 Å². The Bertz CT molecular complexity index is 965. The number of carbonyl (C=O) groups excluding carboxylic acids is 4. The number of hydrogen-bond acceptors (Lipinski definition) is 5. The number of carboxylic acids is 1. The van der Waals surface area contributed by atoms with Crippen LogP contribution in [0.15, 0.2) is 43.0 Å². The zero-order valence-electron chi connectivity index (χ0n) is 19.0. The maximum absolute atomic E-state index is 13.6. The van der Waals surface area contributed by atoms with Crippen LogP contribution < -0.4 is 5.73 Å². The van der Waals surface area contributed by atoms with Gasteiger partial charge in [-0.2, -0.15) is 0 Å². The molecular weight excluding hydrogens is 440 g/mol. The standard InChI is InChI=1S/C24H30N4O6/c1-2-21(30)26-12-6-9-17(26)22(31)28-14-13-27(18(24(33)34)10-11-20(25)29)23(32)19(28)15-16-7-4-3-5-8-16/h2-5,7-8,17-19H,1,6,9-15H2,(H2,25,29)(H,33,34)/t17-,18-,19-/m0/s1. The third-order valence-corrected chi connectivity index (χ3v) is 6.40. The van der Waals surface area contributed by atoms with Crippen LogP contribution in [0.5, 0.6) is 0 Å². The molecule has 3 atom stereocenters. The molecule has 2 aliphatic rings. The van der Waals surface area contributed by atoms with Crippen molar-refractivity contribution in [2.24, 2.45) is 5.73 Å². The van der Waals surface area contributed by atoms with Crippen molar-refractivity contribution in [3.05, 3.63) is 48.6 Å². The first-order valence-corrected chi connectivity index (χ1v) is 11.3. The lowest BCUT2D eigenvalue weighted by Crippen LogP contribution is -2.65. The lowest BCUT2D eigenvalue weighted by atomic mass is 9.97. The van der Waals surface area contributed by atoms with Crippen molar-refractivity contribution in [3.8, 4) is 0 Å². The lowest BCUT2D eigenvalue weighted by Gasteiger charge is -2.44. The highest BCUT2D eigenvalue weighted by molar-refractivity contribution is 5.96. The van der Waals surface area contributed by atoms with E-state index in [1.165, 1.54) is 20.8 Å². The molecule has 10 nitrogen and oxygen atoms in total. The van der Waals surface area contributed by atoms with Gasteiger partial charge in [0.2, 0.25) is 23.6 Å². The Morgan fingerprint density at radius 2 is 1.82 bits per heavy atom. The van der Waals surface area contributed by atoms with E-state index in [0.717, 1.165) is 5.56 Å². The molecule has 10 heteroatoms. The Labute approximate surface area is 198 Å². The predicted octanol–water partition coefficient (Wildman–Crippen LogP) is 0.164. The molecule has 0 saturated carbocycles. The van der Waals surface area contributed by atoms with Gasteiger partial charge in [-0.1, -0.05) is 36.9 Å². The summed E-state index contributed by atoms with van der Waals surface area (Å²) in [4.78, 5) is 66.7. The van der Waals surface area contributed by atoms with Crippen LogP contribution in [-0.4, -0.2) is 87.2 Å². The molecule has 182 valence electrons. The minimum atomic E-state index is -1.23. The number of carboxylic acid groups (broad SMARTS) is 1. The van der Waals surface area contributed by atoms with E-state index in [2.05, 4.69) is 6.58 Å². The molecule has 4 amide bonds. The van der Waals surface area contributed by atoms with Gasteiger partial charge in [-0.25, -0.2) is 4.79 Å². The number of amides is 4. The van der Waals surface area contributed by atoms with Gasteiger partial charge in [0.15, 0.2) is 0 Å². The van der Waals surface area contributed by atoms with Crippen LogP contribution in [0.3, 0.4) is 0 Å². The van der Waals surface area contributed by atoms with Crippen LogP contribution in [0.1, 0.15) is 31.2 Å². The lowest BCUT2D eigenvalue weighted by molar-refractivity contribution is -0.162. The summed E-state index contributed by atoms with van der Waals surface area (Å²) >= 11 is 0. The molecule has 2 fully saturated rings. The summed E-state index contributed by atoms with van der Waals surface area (Å²) in [6.07, 6.45) is 2.25. The smallest absolute Gasteiger partial charge is 0.326 e. The van der Waals surface area contributed by atoms with Gasteiger partial charge in [-0.05, 0) is 30.9 Å². The summed E-state index contributed by atoms with van der Waals surface area (Å²) in [7, 11) is 0. The molecular formula is C24H30N4O6. The number of carbonyl (C=O) groups is 5. The fraction of sp³-hybridized carbons (Fsp3) is 0.458. The van der Waals surface area contributed by atoms with Gasteiger partial charge in [0, 0.05) is 32.5 Å². The average Bonchev–Trinajstić information content (AvgIpc) is 3.31. The fourth-order valence-electron chi connectivity index (χ4n) is 4.70. The topological polar surface area (TPSA) is 141 Å². The number of rotatable bonds is 9. The predicted molar refractivity (Wildman–Crippen MR) is 122 cm³/mol. The number of piperazine rings is 1. The number of nitrogens with two attached hydrogens (primary N) is 1. The number of benzene rings is 1. The van der Waals surface area contributed by atoms with Crippen molar-refractivity contribution in [2.45, 2.75) is 50.2 Å². The van der Waals surface area contributed by atoms with Crippen molar-refractivity contribution in [2.75, 3.05) is 19.6 Å². The summed E-state index contributed by atoms with van der Waals surface area (Å²) in [6, 6.07) is 6.30. The molecule has 3 rings (SSSR count). The van der Waals surface area contributed by atoms with Gasteiger partial charge in [-0.3, -0.25) is 19.2 Å². The van der Waals surface area contributed by atoms with E-state index in [1.807, 2.05) is 30.3 Å². The Hall–Kier alpha value is -3.69. The molecule has 0 aliphatic carbocycles. The monoisotopic (exact) mass is 470 g/mol. The molecule has 0 aromatic heterocycles. The van der Waals surface area contributed by atoms with Gasteiger partial charge in [0.1, 0.15) is 18.1 Å². The van der Waals surface area contributed by atoms with Crippen molar-refractivity contribution < 1.29 is 29.1 Å². The second kappa shape index (κ2) is 11.0. The molecule has 2 aliphatic heterocycles.